The maximum atomic E-state index is 12.4. The van der Waals surface area contributed by atoms with Gasteiger partial charge in [0.25, 0.3) is 0 Å². The fourth-order valence-corrected chi connectivity index (χ4v) is 2.46. The first-order chi connectivity index (χ1) is 12.7. The fraction of sp³-hybridized carbons (Fsp3) is 0.545. The Balaban J connectivity index is 2.65. The van der Waals surface area contributed by atoms with Crippen molar-refractivity contribution < 1.29 is 19.1 Å². The first-order valence-corrected chi connectivity index (χ1v) is 9.80. The Morgan fingerprint density at radius 1 is 0.769 bits per heavy atom. The van der Waals surface area contributed by atoms with E-state index in [1.807, 2.05) is 30.3 Å². The van der Waals surface area contributed by atoms with Gasteiger partial charge in [0, 0.05) is 0 Å². The average molecular weight is 360 g/mol. The Hall–Kier alpha value is -2.10. The van der Waals surface area contributed by atoms with E-state index in [1.54, 1.807) is 6.08 Å². The third-order valence-electron chi connectivity index (χ3n) is 4.01. The minimum absolute atomic E-state index is 0.0396. The van der Waals surface area contributed by atoms with Gasteiger partial charge < -0.3 is 9.47 Å². The topological polar surface area (TPSA) is 52.6 Å². The molecular formula is C22H32O4. The highest BCUT2D eigenvalue weighted by Crippen LogP contribution is 2.12. The Kier molecular flexibility index (Phi) is 11.9. The molecule has 0 aliphatic heterocycles. The van der Waals surface area contributed by atoms with Gasteiger partial charge in [-0.3, -0.25) is 0 Å². The van der Waals surface area contributed by atoms with Crippen LogP contribution in [0.3, 0.4) is 0 Å². The molecule has 0 aromatic heterocycles. The van der Waals surface area contributed by atoms with Crippen LogP contribution in [0.1, 0.15) is 70.8 Å². The molecule has 0 unspecified atom stereocenters. The predicted molar refractivity (Wildman–Crippen MR) is 105 cm³/mol. The van der Waals surface area contributed by atoms with E-state index in [0.717, 1.165) is 56.9 Å². The zero-order chi connectivity index (χ0) is 19.0. The van der Waals surface area contributed by atoms with Crippen LogP contribution in [0.4, 0.5) is 0 Å². The van der Waals surface area contributed by atoms with Crippen LogP contribution >= 0.6 is 0 Å². The highest BCUT2D eigenvalue weighted by Gasteiger charge is 2.21. The fourth-order valence-electron chi connectivity index (χ4n) is 2.46. The summed E-state index contributed by atoms with van der Waals surface area (Å²) in [6.07, 6.45) is 9.67. The van der Waals surface area contributed by atoms with Crippen LogP contribution in [0.2, 0.25) is 0 Å². The smallest absolute Gasteiger partial charge is 0.345 e. The Labute approximate surface area is 157 Å². The molecule has 0 fully saturated rings. The number of hydrogen-bond acceptors (Lipinski definition) is 4. The highest BCUT2D eigenvalue weighted by atomic mass is 16.6. The van der Waals surface area contributed by atoms with Crippen molar-refractivity contribution in [1.29, 1.82) is 0 Å². The molecule has 0 saturated carbocycles. The number of unbranched alkanes of at least 4 members (excludes halogenated alkanes) is 6. The Morgan fingerprint density at radius 2 is 1.27 bits per heavy atom. The number of carbonyl (C=O) groups excluding carboxylic acids is 2. The maximum Gasteiger partial charge on any atom is 0.345 e. The number of esters is 2. The van der Waals surface area contributed by atoms with Crippen molar-refractivity contribution >= 4 is 18.0 Å². The lowest BCUT2D eigenvalue weighted by Crippen LogP contribution is -2.19. The number of hydrogen-bond donors (Lipinski definition) is 0. The summed E-state index contributed by atoms with van der Waals surface area (Å²) in [6, 6.07) is 9.27. The molecule has 4 nitrogen and oxygen atoms in total. The zero-order valence-electron chi connectivity index (χ0n) is 16.2. The van der Waals surface area contributed by atoms with Crippen molar-refractivity contribution in [1.82, 2.24) is 0 Å². The summed E-state index contributed by atoms with van der Waals surface area (Å²) in [5.41, 5.74) is 0.732. The monoisotopic (exact) mass is 360 g/mol. The average Bonchev–Trinajstić information content (AvgIpc) is 2.66. The van der Waals surface area contributed by atoms with E-state index in [0.29, 0.717) is 13.2 Å². The molecule has 144 valence electrons. The van der Waals surface area contributed by atoms with Crippen LogP contribution in [-0.2, 0) is 19.1 Å². The molecule has 26 heavy (non-hydrogen) atoms. The number of carbonyl (C=O) groups is 2. The summed E-state index contributed by atoms with van der Waals surface area (Å²) >= 11 is 0. The van der Waals surface area contributed by atoms with Gasteiger partial charge in [0.05, 0.1) is 13.2 Å². The summed E-state index contributed by atoms with van der Waals surface area (Å²) < 4.78 is 10.6. The molecule has 0 aliphatic rings. The van der Waals surface area contributed by atoms with Gasteiger partial charge in [0.2, 0.25) is 0 Å². The van der Waals surface area contributed by atoms with Crippen LogP contribution in [0.25, 0.3) is 6.08 Å². The number of benzene rings is 1. The van der Waals surface area contributed by atoms with Crippen molar-refractivity contribution in [3.8, 4) is 0 Å². The van der Waals surface area contributed by atoms with Crippen LogP contribution < -0.4 is 0 Å². The van der Waals surface area contributed by atoms with Crippen molar-refractivity contribution in [2.45, 2.75) is 65.2 Å². The molecule has 0 radical (unpaired) electrons. The van der Waals surface area contributed by atoms with Crippen molar-refractivity contribution in [2.75, 3.05) is 13.2 Å². The van der Waals surface area contributed by atoms with Gasteiger partial charge in [-0.1, -0.05) is 82.7 Å². The van der Waals surface area contributed by atoms with Gasteiger partial charge in [0.15, 0.2) is 0 Å². The second-order valence-corrected chi connectivity index (χ2v) is 6.36. The van der Waals surface area contributed by atoms with Gasteiger partial charge in [-0.15, -0.1) is 0 Å². The summed E-state index contributed by atoms with van der Waals surface area (Å²) in [5.74, 6) is -1.21. The van der Waals surface area contributed by atoms with Crippen LogP contribution in [-0.4, -0.2) is 25.2 Å². The summed E-state index contributed by atoms with van der Waals surface area (Å²) in [5, 5.41) is 0. The summed E-state index contributed by atoms with van der Waals surface area (Å²) in [4.78, 5) is 24.7. The summed E-state index contributed by atoms with van der Waals surface area (Å²) in [6.45, 7) is 4.91. The molecule has 0 spiro atoms. The minimum Gasteiger partial charge on any atom is -0.462 e. The van der Waals surface area contributed by atoms with Gasteiger partial charge in [-0.2, -0.15) is 0 Å². The first kappa shape index (κ1) is 21.9. The highest BCUT2D eigenvalue weighted by molar-refractivity contribution is 6.17. The van der Waals surface area contributed by atoms with E-state index >= 15 is 0 Å². The van der Waals surface area contributed by atoms with Crippen LogP contribution in [0.15, 0.2) is 35.9 Å². The van der Waals surface area contributed by atoms with Gasteiger partial charge in [-0.25, -0.2) is 9.59 Å². The predicted octanol–water partition coefficient (Wildman–Crippen LogP) is 5.32. The Morgan fingerprint density at radius 3 is 1.73 bits per heavy atom. The minimum atomic E-state index is -0.607. The van der Waals surface area contributed by atoms with E-state index in [9.17, 15) is 9.59 Å². The standard InChI is InChI=1S/C22H32O4/c1-3-5-7-12-16-25-21(23)20(18-19-14-10-9-11-15-19)22(24)26-17-13-8-6-4-2/h9-11,14-15,18H,3-8,12-13,16-17H2,1-2H3. The summed E-state index contributed by atoms with van der Waals surface area (Å²) in [7, 11) is 0. The quantitative estimate of drug-likeness (QED) is 0.157. The molecule has 0 bridgehead atoms. The molecule has 0 amide bonds. The van der Waals surface area contributed by atoms with Gasteiger partial charge in [0.1, 0.15) is 5.57 Å². The molecule has 1 rings (SSSR count). The van der Waals surface area contributed by atoms with E-state index in [1.165, 1.54) is 0 Å². The largest absolute Gasteiger partial charge is 0.462 e. The molecule has 0 N–H and O–H groups in total. The molecule has 1 aromatic carbocycles. The molecule has 1 aromatic rings. The molecule has 0 saturated heterocycles. The van der Waals surface area contributed by atoms with Gasteiger partial charge in [-0.05, 0) is 24.5 Å². The SMILES string of the molecule is CCCCCCOC(=O)C(=Cc1ccccc1)C(=O)OCCCCCC. The van der Waals surface area contributed by atoms with Crippen molar-refractivity contribution in [3.63, 3.8) is 0 Å². The van der Waals surface area contributed by atoms with E-state index in [2.05, 4.69) is 13.8 Å². The second kappa shape index (κ2) is 14.1. The number of rotatable bonds is 13. The molecule has 4 heteroatoms. The van der Waals surface area contributed by atoms with Crippen LogP contribution in [0.5, 0.6) is 0 Å². The van der Waals surface area contributed by atoms with E-state index in [4.69, 9.17) is 9.47 Å². The maximum absolute atomic E-state index is 12.4. The normalized spacial score (nSPS) is 10.2. The second-order valence-electron chi connectivity index (χ2n) is 6.36. The van der Waals surface area contributed by atoms with E-state index in [-0.39, 0.29) is 5.57 Å². The zero-order valence-corrected chi connectivity index (χ0v) is 16.2. The first-order valence-electron chi connectivity index (χ1n) is 9.80. The number of ether oxygens (including phenoxy) is 2. The van der Waals surface area contributed by atoms with Crippen molar-refractivity contribution in [3.05, 3.63) is 41.5 Å². The molecule has 0 aliphatic carbocycles. The molecule has 0 heterocycles. The Bertz CT molecular complexity index is 521. The lowest BCUT2D eigenvalue weighted by molar-refractivity contribution is -0.147. The van der Waals surface area contributed by atoms with E-state index < -0.39 is 11.9 Å². The lowest BCUT2D eigenvalue weighted by Gasteiger charge is -2.09. The van der Waals surface area contributed by atoms with Crippen LogP contribution in [0, 0.1) is 0 Å². The molecule has 0 atom stereocenters. The third kappa shape index (κ3) is 9.40. The van der Waals surface area contributed by atoms with Gasteiger partial charge >= 0.3 is 11.9 Å². The third-order valence-corrected chi connectivity index (χ3v) is 4.01. The molecular weight excluding hydrogens is 328 g/mol. The van der Waals surface area contributed by atoms with Crippen molar-refractivity contribution in [2.24, 2.45) is 0 Å². The lowest BCUT2D eigenvalue weighted by atomic mass is 10.1.